The number of imidazole rings is 1. The van der Waals surface area contributed by atoms with Gasteiger partial charge in [-0.2, -0.15) is 22.4 Å². The average Bonchev–Trinajstić information content (AvgIpc) is 1.31. The summed E-state index contributed by atoms with van der Waals surface area (Å²) in [5.74, 6) is 0.149. The molecule has 0 saturated carbocycles. The van der Waals surface area contributed by atoms with Crippen LogP contribution in [-0.4, -0.2) is 224 Å². The average molecular weight is 2220 g/mol. The molecule has 9 aromatic heterocycles. The molecule has 0 radical (unpaired) electrons. The smallest absolute Gasteiger partial charge is 0.244 e. The first-order valence-corrected chi connectivity index (χ1v) is 60.5. The Labute approximate surface area is 893 Å². The number of hydrogen-bond acceptors (Lipinski definition) is 27. The van der Waals surface area contributed by atoms with Crippen LogP contribution >= 0.6 is 34.0 Å². The summed E-state index contributed by atoms with van der Waals surface area (Å²) < 4.78 is 172. The third-order valence-corrected chi connectivity index (χ3v) is 34.2. The number of hydrogen-bond donors (Lipinski definition) is 2. The summed E-state index contributed by atoms with van der Waals surface area (Å²) >= 11 is 4.25. The molecule has 0 saturated heterocycles. The van der Waals surface area contributed by atoms with E-state index in [4.69, 9.17) is 22.1 Å². The van der Waals surface area contributed by atoms with E-state index >= 15 is 0 Å². The molecule has 0 aliphatic rings. The Balaban J connectivity index is 0.000000190. The van der Waals surface area contributed by atoms with Crippen LogP contribution in [0.25, 0.3) is 54.8 Å². The highest BCUT2D eigenvalue weighted by atomic mass is 32.2. The van der Waals surface area contributed by atoms with Gasteiger partial charge in [-0.05, 0) is 194 Å². The molecule has 0 bridgehead atoms. The lowest BCUT2D eigenvalue weighted by Crippen LogP contribution is -2.52. The second-order valence-electron chi connectivity index (χ2n) is 41.2. The predicted molar refractivity (Wildman–Crippen MR) is 586 cm³/mol. The zero-order valence-corrected chi connectivity index (χ0v) is 95.5. The van der Waals surface area contributed by atoms with Gasteiger partial charge in [-0.1, -0.05) is 123 Å². The lowest BCUT2D eigenvalue weighted by atomic mass is 10.0. The normalized spacial score (nSPS) is 13.0. The molecule has 5 aromatic carbocycles. The first-order chi connectivity index (χ1) is 70.8. The van der Waals surface area contributed by atoms with Crippen molar-refractivity contribution in [2.45, 2.75) is 220 Å². The highest BCUT2D eigenvalue weighted by Crippen LogP contribution is 2.33. The minimum atomic E-state index is -4.10. The lowest BCUT2D eigenvalue weighted by molar-refractivity contribution is -0.139. The molecule has 2 N–H and O–H groups in total. The van der Waals surface area contributed by atoms with Gasteiger partial charge in [0.25, 0.3) is 0 Å². The number of fused-ring (bicyclic) bond motifs is 5. The van der Waals surface area contributed by atoms with Crippen molar-refractivity contribution in [1.82, 2.24) is 71.4 Å². The number of nitrogens with zero attached hydrogens (tertiary/aromatic N) is 13. The predicted octanol–water partition coefficient (Wildman–Crippen LogP) is 18.8. The van der Waals surface area contributed by atoms with E-state index in [0.717, 1.165) is 31.3 Å². The van der Waals surface area contributed by atoms with E-state index in [9.17, 15) is 66.1 Å². The van der Waals surface area contributed by atoms with Crippen LogP contribution in [0.15, 0.2) is 236 Å². The van der Waals surface area contributed by atoms with Crippen LogP contribution in [0.3, 0.4) is 0 Å². The van der Waals surface area contributed by atoms with Crippen molar-refractivity contribution in [1.29, 1.82) is 0 Å². The maximum Gasteiger partial charge on any atom is 0.244 e. The Morgan fingerprint density at radius 2 is 0.820 bits per heavy atom. The Hall–Kier alpha value is -11.2. The number of aryl methyl sites for hydroxylation is 2. The molecule has 3 atom stereocenters. The molecule has 35 nitrogen and oxygen atoms in total. The number of furan rings is 5. The van der Waals surface area contributed by atoms with Crippen LogP contribution < -0.4 is 9.44 Å². The Morgan fingerprint density at radius 1 is 0.413 bits per heavy atom. The van der Waals surface area contributed by atoms with Crippen molar-refractivity contribution in [3.05, 3.63) is 226 Å². The summed E-state index contributed by atoms with van der Waals surface area (Å²) in [6.45, 7) is 38.8. The molecule has 43 heteroatoms. The summed E-state index contributed by atoms with van der Waals surface area (Å²) in [5.41, 5.74) is 8.72. The lowest BCUT2D eigenvalue weighted by Gasteiger charge is -2.36. The maximum atomic E-state index is 14.2. The van der Waals surface area contributed by atoms with Crippen LogP contribution in [-0.2, 0) is 114 Å². The molecule has 0 spiro atoms. The largest absolute Gasteiger partial charge is 0.464 e. The van der Waals surface area contributed by atoms with Crippen molar-refractivity contribution in [2.24, 2.45) is 54.4 Å². The van der Waals surface area contributed by atoms with Gasteiger partial charge in [-0.3, -0.25) is 33.9 Å². The molecule has 5 amide bonds. The molecule has 14 rings (SSSR count). The van der Waals surface area contributed by atoms with Gasteiger partial charge in [0.05, 0.1) is 123 Å². The molecule has 0 fully saturated rings. The van der Waals surface area contributed by atoms with E-state index < -0.39 is 74.1 Å². The number of benzene rings is 5. The zero-order chi connectivity index (χ0) is 109. The molecule has 150 heavy (non-hydrogen) atoms. The zero-order valence-electron chi connectivity index (χ0n) is 89.0. The molecular formula is C107H143N15O20S8. The first-order valence-electron chi connectivity index (χ1n) is 50.2. The quantitative estimate of drug-likeness (QED) is 0.0334. The van der Waals surface area contributed by atoms with Gasteiger partial charge in [0.2, 0.25) is 79.7 Å². The summed E-state index contributed by atoms with van der Waals surface area (Å²) in [7, 11) is -16.2. The summed E-state index contributed by atoms with van der Waals surface area (Å²) in [6.07, 6.45) is 16.7. The van der Waals surface area contributed by atoms with Gasteiger partial charge in [0.15, 0.2) is 0 Å². The molecule has 0 aliphatic carbocycles. The Morgan fingerprint density at radius 3 is 1.23 bits per heavy atom. The number of amides is 5. The third kappa shape index (κ3) is 34.1. The van der Waals surface area contributed by atoms with E-state index in [0.29, 0.717) is 133 Å². The fourth-order valence-corrected chi connectivity index (χ4v) is 25.4. The topological polar surface area (TPSA) is 428 Å². The van der Waals surface area contributed by atoms with Crippen molar-refractivity contribution in [3.8, 4) is 0 Å². The van der Waals surface area contributed by atoms with E-state index in [2.05, 4.69) is 57.1 Å². The van der Waals surface area contributed by atoms with Gasteiger partial charge in [0.1, 0.15) is 46.0 Å². The molecule has 0 aliphatic heterocycles. The first kappa shape index (κ1) is 119. The van der Waals surface area contributed by atoms with E-state index in [1.54, 1.807) is 135 Å². The standard InChI is InChI=1S/C28H29N3O5S2.C27H40N4O6S3.C27H40N4O4S.C25H34N4O5S2/c1-19(2)14-30(15-21-4-6-26-22(12-21)8-10-35-26)28(32)17-31(16-24-18-37-20(3)29-24)38(33,34)25-5-7-27-23(13-25)9-11-36-27;1-20(2)16-30(17-21(3)4)27(32)25(29-40(35,36)24-9-10-26-22(14-24)11-13-37-26)8-6-7-12-31(39(5,33)34)18-23-15-28-19-38-23;1-19(2)12-25(27(32)30(15-20(3)4)16-21(5)6)31(17-23-14-28-18-29(23)7)36(33,34)24-8-9-26-22(13-24)10-11-35-26;1-17(2)13-29(14-18(3)4)25(31)22(11-24(30)28(5)15-20-12-26-16-35-20)27-36(32,33)21-6-7-23-19(10-21)8-9-34-23/h4-13,18-19H,14-17H2,1-3H3;9-11,13-15,19-21,25,29H,6-8,12,16-18H2,1-5H3;8-11,13-14,18-21,25H,12,15-17H2,1-7H3;6-10,12,16-18,22,27H,11,13-15H2,1-5H3/t;2*25-;22-/m.000/s1. The third-order valence-electron chi connectivity index (χ3n) is 24.0. The number of rotatable bonds is 50. The Bertz CT molecular complexity index is 7360. The van der Waals surface area contributed by atoms with Gasteiger partial charge in [0, 0.05) is 140 Å². The molecule has 814 valence electrons. The van der Waals surface area contributed by atoms with Crippen LogP contribution in [0.4, 0.5) is 0 Å². The van der Waals surface area contributed by atoms with E-state index in [-0.39, 0.29) is 136 Å². The number of thiazole rings is 3. The number of unbranched alkanes of at least 4 members (excludes halogenated alkanes) is 1. The van der Waals surface area contributed by atoms with Gasteiger partial charge in [-0.15, -0.1) is 34.0 Å². The number of nitrogens with one attached hydrogen (secondary N) is 2. The van der Waals surface area contributed by atoms with Crippen molar-refractivity contribution < 1.29 is 88.1 Å². The van der Waals surface area contributed by atoms with Gasteiger partial charge < -0.3 is 51.2 Å². The van der Waals surface area contributed by atoms with E-state index in [1.165, 1.54) is 113 Å². The fourth-order valence-electron chi connectivity index (χ4n) is 17.2. The number of carbonyl (C=O) groups is 5. The highest BCUT2D eigenvalue weighted by Gasteiger charge is 2.42. The molecule has 14 aromatic rings. The fraction of sp³-hybridized carbons (Fsp3) is 0.467. The SMILES string of the molecule is CC(C)CN(CC(C)C)C(=O)[C@H](CC(=O)N(C)Cc1cncs1)NS(=O)(=O)c1ccc2occc2c1.CC(C)CN(CC(C)C)C(=O)[C@H](CCCCN(Cc1cncs1)S(C)(=O)=O)NS(=O)(=O)c1ccc2occc2c1.CC(C)C[C@@H](C(=O)N(CC(C)C)CC(C)C)N(Cc1cncn1C)S(=O)(=O)c1ccc2occc2c1.Cc1nc(CN(CC(=O)N(Cc2ccc3occc3c2)CC(C)C)S(=O)(=O)c2ccc3occc3c2)cs1. The van der Waals surface area contributed by atoms with Crippen LogP contribution in [0.5, 0.6) is 0 Å². The van der Waals surface area contributed by atoms with Crippen molar-refractivity contribution >= 4 is 169 Å². The monoisotopic (exact) mass is 2210 g/mol. The van der Waals surface area contributed by atoms with Crippen molar-refractivity contribution in [3.63, 3.8) is 0 Å². The maximum absolute atomic E-state index is 14.2. The molecule has 9 heterocycles. The van der Waals surface area contributed by atoms with Gasteiger partial charge in [-0.25, -0.2) is 52.1 Å². The second-order valence-corrected chi connectivity index (χ2v) is 53.4. The number of aromatic nitrogens is 5. The molecular weight excluding hydrogens is 2070 g/mol. The minimum Gasteiger partial charge on any atom is -0.464 e. The number of sulfonamides is 5. The number of carbonyl (C=O) groups excluding carboxylic acids is 5. The highest BCUT2D eigenvalue weighted by molar-refractivity contribution is 7.90. The summed E-state index contributed by atoms with van der Waals surface area (Å²) in [5, 5.41) is 6.27. The van der Waals surface area contributed by atoms with Crippen molar-refractivity contribution in [2.75, 3.05) is 72.2 Å². The Kier molecular flexibility index (Phi) is 42.7. The second kappa shape index (κ2) is 53.9. The summed E-state index contributed by atoms with van der Waals surface area (Å²) in [6, 6.07) is 30.0. The molecule has 0 unspecified atom stereocenters. The van der Waals surface area contributed by atoms with Crippen LogP contribution in [0.1, 0.15) is 175 Å². The van der Waals surface area contributed by atoms with Gasteiger partial charge >= 0.3 is 0 Å². The van der Waals surface area contributed by atoms with Crippen LogP contribution in [0, 0.1) is 54.3 Å². The minimum absolute atomic E-state index is 0.000988. The van der Waals surface area contributed by atoms with E-state index in [1.807, 2.05) is 132 Å². The van der Waals surface area contributed by atoms with Crippen LogP contribution in [0.2, 0.25) is 0 Å². The summed E-state index contributed by atoms with van der Waals surface area (Å²) in [4.78, 5) is 95.5.